The third-order valence-corrected chi connectivity index (χ3v) is 5.66. The maximum absolute atomic E-state index is 5.23. The number of hydrogen-bond acceptors (Lipinski definition) is 4. The second-order valence-corrected chi connectivity index (χ2v) is 7.42. The second-order valence-electron chi connectivity index (χ2n) is 6.46. The molecule has 136 valence electrons. The number of methoxy groups -OCH3 is 1. The lowest BCUT2D eigenvalue weighted by Gasteiger charge is -2.19. The van der Waals surface area contributed by atoms with Crippen LogP contribution in [-0.2, 0) is 5.75 Å². The molecule has 0 aliphatic carbocycles. The van der Waals surface area contributed by atoms with Gasteiger partial charge in [-0.25, -0.2) is 0 Å². The maximum atomic E-state index is 5.23. The van der Waals surface area contributed by atoms with Crippen LogP contribution in [0, 0.1) is 0 Å². The largest absolute Gasteiger partial charge is 0.497 e. The van der Waals surface area contributed by atoms with Crippen LogP contribution in [0.2, 0.25) is 0 Å². The Kier molecular flexibility index (Phi) is 5.45. The fourth-order valence-corrected chi connectivity index (χ4v) is 4.14. The van der Waals surface area contributed by atoms with Crippen molar-refractivity contribution in [3.8, 4) is 5.75 Å². The van der Waals surface area contributed by atoms with E-state index >= 15 is 0 Å². The number of rotatable bonds is 5. The van der Waals surface area contributed by atoms with Crippen LogP contribution in [0.15, 0.2) is 89.9 Å². The molecule has 2 atom stereocenters. The molecule has 0 fully saturated rings. The molecule has 0 saturated heterocycles. The molecule has 3 aromatic carbocycles. The summed E-state index contributed by atoms with van der Waals surface area (Å²) in [7, 11) is 1.69. The molecule has 1 N–H and O–H groups in total. The Hall–Kier alpha value is -2.72. The molecular formula is C23H22N2OS. The highest BCUT2D eigenvalue weighted by Gasteiger charge is 2.31. The van der Waals surface area contributed by atoms with Gasteiger partial charge in [-0.05, 0) is 28.8 Å². The van der Waals surface area contributed by atoms with Gasteiger partial charge in [-0.15, -0.1) is 0 Å². The molecule has 3 nitrogen and oxygen atoms in total. The highest BCUT2D eigenvalue weighted by atomic mass is 32.2. The first-order valence-corrected chi connectivity index (χ1v) is 10.0. The number of hydrogen-bond donors (Lipinski definition) is 1. The molecule has 0 aromatic heterocycles. The van der Waals surface area contributed by atoms with Crippen LogP contribution in [-0.4, -0.2) is 12.3 Å². The average Bonchev–Trinajstić information content (AvgIpc) is 3.18. The molecule has 0 radical (unpaired) electrons. The van der Waals surface area contributed by atoms with Crippen LogP contribution in [0.1, 0.15) is 28.8 Å². The quantitative estimate of drug-likeness (QED) is 0.652. The Morgan fingerprint density at radius 1 is 0.852 bits per heavy atom. The van der Waals surface area contributed by atoms with Crippen molar-refractivity contribution >= 4 is 16.9 Å². The van der Waals surface area contributed by atoms with Crippen molar-refractivity contribution < 1.29 is 4.74 Å². The summed E-state index contributed by atoms with van der Waals surface area (Å²) in [5.41, 5.74) is 3.75. The Bertz CT molecular complexity index is 895. The molecule has 4 rings (SSSR count). The van der Waals surface area contributed by atoms with E-state index in [-0.39, 0.29) is 12.1 Å². The minimum Gasteiger partial charge on any atom is -0.497 e. The van der Waals surface area contributed by atoms with Crippen LogP contribution < -0.4 is 10.1 Å². The van der Waals surface area contributed by atoms with E-state index < -0.39 is 0 Å². The summed E-state index contributed by atoms with van der Waals surface area (Å²) >= 11 is 1.75. The fraction of sp³-hybridized carbons (Fsp3) is 0.174. The smallest absolute Gasteiger partial charge is 0.158 e. The SMILES string of the molecule is COc1ccc(CSC2=N[C@@H](c3ccccc3)[C@@H](c3ccccc3)N2)cc1. The Balaban J connectivity index is 1.52. The van der Waals surface area contributed by atoms with Gasteiger partial charge < -0.3 is 10.1 Å². The number of benzene rings is 3. The number of ether oxygens (including phenoxy) is 1. The maximum Gasteiger partial charge on any atom is 0.158 e. The summed E-state index contributed by atoms with van der Waals surface area (Å²) in [5, 5.41) is 4.63. The number of amidine groups is 1. The van der Waals surface area contributed by atoms with Gasteiger partial charge in [0, 0.05) is 5.75 Å². The molecule has 1 heterocycles. The Labute approximate surface area is 164 Å². The van der Waals surface area contributed by atoms with Crippen LogP contribution in [0.5, 0.6) is 5.75 Å². The fourth-order valence-electron chi connectivity index (χ4n) is 3.25. The van der Waals surface area contributed by atoms with Crippen molar-refractivity contribution in [2.45, 2.75) is 17.8 Å². The predicted molar refractivity (Wildman–Crippen MR) is 113 cm³/mol. The van der Waals surface area contributed by atoms with Gasteiger partial charge in [0.25, 0.3) is 0 Å². The van der Waals surface area contributed by atoms with Gasteiger partial charge in [-0.2, -0.15) is 0 Å². The topological polar surface area (TPSA) is 33.6 Å². The molecule has 4 heteroatoms. The molecule has 0 amide bonds. The number of thioether (sulfide) groups is 1. The van der Waals surface area contributed by atoms with E-state index in [1.807, 2.05) is 18.2 Å². The Morgan fingerprint density at radius 3 is 2.11 bits per heavy atom. The van der Waals surface area contributed by atoms with Crippen molar-refractivity contribution in [2.75, 3.05) is 7.11 Å². The Morgan fingerprint density at radius 2 is 1.48 bits per heavy atom. The van der Waals surface area contributed by atoms with Crippen LogP contribution in [0.25, 0.3) is 0 Å². The minimum atomic E-state index is 0.0898. The summed E-state index contributed by atoms with van der Waals surface area (Å²) in [6.07, 6.45) is 0. The van der Waals surface area contributed by atoms with Crippen molar-refractivity contribution in [3.05, 3.63) is 102 Å². The zero-order chi connectivity index (χ0) is 18.5. The summed E-state index contributed by atoms with van der Waals surface area (Å²) in [6, 6.07) is 29.5. The monoisotopic (exact) mass is 374 g/mol. The first-order chi connectivity index (χ1) is 13.3. The first kappa shape index (κ1) is 17.7. The average molecular weight is 375 g/mol. The molecule has 27 heavy (non-hydrogen) atoms. The van der Waals surface area contributed by atoms with E-state index in [2.05, 4.69) is 72.0 Å². The van der Waals surface area contributed by atoms with E-state index in [1.54, 1.807) is 18.9 Å². The molecule has 0 unspecified atom stereocenters. The van der Waals surface area contributed by atoms with Gasteiger partial charge in [0.15, 0.2) is 5.17 Å². The lowest BCUT2D eigenvalue weighted by molar-refractivity contribution is 0.414. The van der Waals surface area contributed by atoms with E-state index in [4.69, 9.17) is 9.73 Å². The summed E-state index contributed by atoms with van der Waals surface area (Å²) in [5.74, 6) is 1.76. The molecule has 1 aliphatic rings. The zero-order valence-corrected chi connectivity index (χ0v) is 16.0. The zero-order valence-electron chi connectivity index (χ0n) is 15.2. The van der Waals surface area contributed by atoms with E-state index in [1.165, 1.54) is 16.7 Å². The van der Waals surface area contributed by atoms with Crippen molar-refractivity contribution in [2.24, 2.45) is 4.99 Å². The van der Waals surface area contributed by atoms with Gasteiger partial charge in [-0.3, -0.25) is 4.99 Å². The number of aliphatic imine (C=N–C) groups is 1. The second kappa shape index (κ2) is 8.31. The number of nitrogens with zero attached hydrogens (tertiary/aromatic N) is 1. The third-order valence-electron chi connectivity index (χ3n) is 4.69. The van der Waals surface area contributed by atoms with E-state index in [0.29, 0.717) is 0 Å². The molecule has 0 saturated carbocycles. The minimum absolute atomic E-state index is 0.0898. The summed E-state index contributed by atoms with van der Waals surface area (Å²) < 4.78 is 5.23. The molecule has 1 aliphatic heterocycles. The van der Waals surface area contributed by atoms with Crippen molar-refractivity contribution in [1.82, 2.24) is 5.32 Å². The van der Waals surface area contributed by atoms with Crippen LogP contribution in [0.4, 0.5) is 0 Å². The van der Waals surface area contributed by atoms with E-state index in [0.717, 1.165) is 16.7 Å². The predicted octanol–water partition coefficient (Wildman–Crippen LogP) is 5.37. The normalized spacial score (nSPS) is 18.6. The van der Waals surface area contributed by atoms with Crippen molar-refractivity contribution in [3.63, 3.8) is 0 Å². The van der Waals surface area contributed by atoms with E-state index in [9.17, 15) is 0 Å². The van der Waals surface area contributed by atoms with Gasteiger partial charge in [0.1, 0.15) is 11.8 Å². The van der Waals surface area contributed by atoms with Gasteiger partial charge in [0.2, 0.25) is 0 Å². The highest BCUT2D eigenvalue weighted by Crippen LogP contribution is 2.38. The molecule has 0 bridgehead atoms. The molecule has 3 aromatic rings. The highest BCUT2D eigenvalue weighted by molar-refractivity contribution is 8.13. The van der Waals surface area contributed by atoms with Gasteiger partial charge >= 0.3 is 0 Å². The molecular weight excluding hydrogens is 352 g/mol. The lowest BCUT2D eigenvalue weighted by Crippen LogP contribution is -2.22. The summed E-state index contributed by atoms with van der Waals surface area (Å²) in [4.78, 5) is 5.01. The van der Waals surface area contributed by atoms with Crippen LogP contribution >= 0.6 is 11.8 Å². The van der Waals surface area contributed by atoms with Gasteiger partial charge in [0.05, 0.1) is 13.2 Å². The number of nitrogens with one attached hydrogen (secondary N) is 1. The first-order valence-electron chi connectivity index (χ1n) is 9.03. The van der Waals surface area contributed by atoms with Crippen molar-refractivity contribution in [1.29, 1.82) is 0 Å². The molecule has 0 spiro atoms. The standard InChI is InChI=1S/C23H22N2OS/c1-26-20-14-12-17(13-15-20)16-27-23-24-21(18-8-4-2-5-9-18)22(25-23)19-10-6-3-7-11-19/h2-15,21-22H,16H2,1H3,(H,24,25)/t21-,22+. The van der Waals surface area contributed by atoms with Crippen LogP contribution in [0.3, 0.4) is 0 Å². The lowest BCUT2D eigenvalue weighted by atomic mass is 9.95. The summed E-state index contributed by atoms with van der Waals surface area (Å²) in [6.45, 7) is 0. The third kappa shape index (κ3) is 4.17. The van der Waals surface area contributed by atoms with Gasteiger partial charge in [-0.1, -0.05) is 84.6 Å².